The van der Waals surface area contributed by atoms with Crippen LogP contribution in [0.2, 0.25) is 0 Å². The van der Waals surface area contributed by atoms with E-state index >= 15 is 0 Å². The predicted molar refractivity (Wildman–Crippen MR) is 84.1 cm³/mol. The number of hydroxylamine groups is 2. The van der Waals surface area contributed by atoms with Crippen molar-refractivity contribution in [2.75, 3.05) is 6.61 Å². The van der Waals surface area contributed by atoms with E-state index in [1.165, 1.54) is 0 Å². The van der Waals surface area contributed by atoms with Gasteiger partial charge in [0, 0.05) is 0 Å². The third-order valence-corrected chi connectivity index (χ3v) is 3.58. The lowest BCUT2D eigenvalue weighted by Crippen LogP contribution is -2.29. The molecule has 0 saturated carbocycles. The number of nitrogens with zero attached hydrogens (tertiary/aromatic N) is 1. The van der Waals surface area contributed by atoms with Crippen LogP contribution in [0.15, 0.2) is 48.5 Å². The number of carbonyl (C=O) groups excluding carboxylic acids is 3. The van der Waals surface area contributed by atoms with Gasteiger partial charge in [0.2, 0.25) is 0 Å². The average molecular weight is 325 g/mol. The Morgan fingerprint density at radius 3 is 2.08 bits per heavy atom. The van der Waals surface area contributed by atoms with Crippen LogP contribution in [-0.4, -0.2) is 29.5 Å². The van der Waals surface area contributed by atoms with Gasteiger partial charge < -0.3 is 4.74 Å². The Kier molecular flexibility index (Phi) is 4.39. The fraction of sp³-hybridized carbons (Fsp3) is 0.167. The Bertz CT molecular complexity index is 762. The molecule has 0 saturated heterocycles. The lowest BCUT2D eigenvalue weighted by Gasteiger charge is -2.13. The maximum Gasteiger partial charge on any atom is 0.338 e. The number of imide groups is 1. The lowest BCUT2D eigenvalue weighted by atomic mass is 10.1. The molecule has 0 spiro atoms. The van der Waals surface area contributed by atoms with Crippen LogP contribution in [0.3, 0.4) is 0 Å². The molecule has 6 heteroatoms. The Labute approximate surface area is 138 Å². The molecule has 6 nitrogen and oxygen atoms in total. The van der Waals surface area contributed by atoms with Gasteiger partial charge in [-0.15, -0.1) is 5.06 Å². The Hall–Kier alpha value is -2.99. The predicted octanol–water partition coefficient (Wildman–Crippen LogP) is 2.59. The zero-order valence-electron chi connectivity index (χ0n) is 13.0. The number of hydrogen-bond donors (Lipinski definition) is 0. The number of esters is 1. The molecule has 2 aromatic rings. The zero-order valence-corrected chi connectivity index (χ0v) is 13.0. The van der Waals surface area contributed by atoms with Crippen LogP contribution >= 0.6 is 0 Å². The smallest absolute Gasteiger partial charge is 0.338 e. The second-order valence-electron chi connectivity index (χ2n) is 5.14. The zero-order chi connectivity index (χ0) is 17.1. The Morgan fingerprint density at radius 1 is 0.958 bits per heavy atom. The van der Waals surface area contributed by atoms with Crippen LogP contribution in [0.1, 0.15) is 43.6 Å². The molecule has 0 bridgehead atoms. The standard InChI is InChI=1S/C18H15NO5/c1-2-23-18(22)13-9-7-12(8-10-13)11-24-19-16(20)14-5-3-4-6-15(14)17(19)21/h3-10H,2,11H2,1H3. The summed E-state index contributed by atoms with van der Waals surface area (Å²) in [5.41, 5.74) is 1.82. The van der Waals surface area contributed by atoms with Gasteiger partial charge in [-0.3, -0.25) is 14.4 Å². The number of fused-ring (bicyclic) bond motifs is 1. The molecule has 2 aromatic carbocycles. The van der Waals surface area contributed by atoms with E-state index < -0.39 is 17.8 Å². The highest BCUT2D eigenvalue weighted by Gasteiger charge is 2.36. The topological polar surface area (TPSA) is 72.9 Å². The van der Waals surface area contributed by atoms with Crippen molar-refractivity contribution < 1.29 is 24.0 Å². The first-order valence-electron chi connectivity index (χ1n) is 7.48. The number of hydrogen-bond acceptors (Lipinski definition) is 5. The summed E-state index contributed by atoms with van der Waals surface area (Å²) >= 11 is 0. The fourth-order valence-electron chi connectivity index (χ4n) is 2.37. The van der Waals surface area contributed by atoms with E-state index in [2.05, 4.69) is 0 Å². The highest BCUT2D eigenvalue weighted by atomic mass is 16.7. The van der Waals surface area contributed by atoms with Gasteiger partial charge in [-0.2, -0.15) is 0 Å². The van der Waals surface area contributed by atoms with Gasteiger partial charge in [0.1, 0.15) is 6.61 Å². The van der Waals surface area contributed by atoms with Crippen LogP contribution in [0.4, 0.5) is 0 Å². The van der Waals surface area contributed by atoms with Crippen molar-refractivity contribution in [3.63, 3.8) is 0 Å². The van der Waals surface area contributed by atoms with Crippen molar-refractivity contribution in [1.82, 2.24) is 5.06 Å². The summed E-state index contributed by atoms with van der Waals surface area (Å²) in [4.78, 5) is 41.3. The SMILES string of the molecule is CCOC(=O)c1ccc(CON2C(=O)c3ccccc3C2=O)cc1. The van der Waals surface area contributed by atoms with Gasteiger partial charge in [0.25, 0.3) is 11.8 Å². The van der Waals surface area contributed by atoms with Crippen molar-refractivity contribution in [3.05, 3.63) is 70.8 Å². The molecule has 1 heterocycles. The van der Waals surface area contributed by atoms with E-state index in [1.54, 1.807) is 55.5 Å². The second-order valence-corrected chi connectivity index (χ2v) is 5.14. The maximum atomic E-state index is 12.2. The highest BCUT2D eigenvalue weighted by molar-refractivity contribution is 6.20. The second kappa shape index (κ2) is 6.64. The van der Waals surface area contributed by atoms with Crippen LogP contribution in [0.5, 0.6) is 0 Å². The van der Waals surface area contributed by atoms with E-state index in [4.69, 9.17) is 9.57 Å². The summed E-state index contributed by atoms with van der Waals surface area (Å²) in [5.74, 6) is -1.34. The molecule has 24 heavy (non-hydrogen) atoms. The van der Waals surface area contributed by atoms with Crippen LogP contribution in [0.25, 0.3) is 0 Å². The third-order valence-electron chi connectivity index (χ3n) is 3.58. The number of ether oxygens (including phenoxy) is 1. The summed E-state index contributed by atoms with van der Waals surface area (Å²) in [7, 11) is 0. The normalized spacial score (nSPS) is 13.1. The molecule has 3 rings (SSSR count). The summed E-state index contributed by atoms with van der Waals surface area (Å²) in [5, 5.41) is 0.768. The van der Waals surface area contributed by atoms with E-state index in [1.807, 2.05) is 0 Å². The van der Waals surface area contributed by atoms with E-state index in [0.717, 1.165) is 10.6 Å². The summed E-state index contributed by atoms with van der Waals surface area (Å²) < 4.78 is 4.91. The minimum Gasteiger partial charge on any atom is -0.462 e. The fourth-order valence-corrected chi connectivity index (χ4v) is 2.37. The van der Waals surface area contributed by atoms with Crippen LogP contribution in [-0.2, 0) is 16.2 Å². The molecule has 0 unspecified atom stereocenters. The number of amides is 2. The molecular weight excluding hydrogens is 310 g/mol. The molecular formula is C18H15NO5. The highest BCUT2D eigenvalue weighted by Crippen LogP contribution is 2.23. The molecule has 122 valence electrons. The molecule has 0 atom stereocenters. The summed E-state index contributed by atoms with van der Waals surface area (Å²) in [6.45, 7) is 2.08. The third kappa shape index (κ3) is 2.91. The quantitative estimate of drug-likeness (QED) is 0.624. The van der Waals surface area contributed by atoms with Gasteiger partial charge in [0.05, 0.1) is 23.3 Å². The first-order chi connectivity index (χ1) is 11.6. The largest absolute Gasteiger partial charge is 0.462 e. The molecule has 1 aliphatic rings. The van der Waals surface area contributed by atoms with E-state index in [9.17, 15) is 14.4 Å². The minimum atomic E-state index is -0.473. The monoisotopic (exact) mass is 325 g/mol. The molecule has 0 fully saturated rings. The van der Waals surface area contributed by atoms with Gasteiger partial charge >= 0.3 is 5.97 Å². The number of benzene rings is 2. The molecule has 0 aliphatic carbocycles. The molecule has 0 radical (unpaired) electrons. The number of rotatable bonds is 5. The van der Waals surface area contributed by atoms with Gasteiger partial charge in [0.15, 0.2) is 0 Å². The average Bonchev–Trinajstić information content (AvgIpc) is 2.85. The Morgan fingerprint density at radius 2 is 1.54 bits per heavy atom. The minimum absolute atomic E-state index is 0.0363. The molecule has 2 amide bonds. The first kappa shape index (κ1) is 15.9. The van der Waals surface area contributed by atoms with Crippen molar-refractivity contribution in [1.29, 1.82) is 0 Å². The van der Waals surface area contributed by atoms with Gasteiger partial charge in [-0.1, -0.05) is 24.3 Å². The molecule has 1 aliphatic heterocycles. The van der Waals surface area contributed by atoms with E-state index in [0.29, 0.717) is 23.3 Å². The number of carbonyl (C=O) groups is 3. The van der Waals surface area contributed by atoms with E-state index in [-0.39, 0.29) is 6.61 Å². The van der Waals surface area contributed by atoms with Crippen LogP contribution < -0.4 is 0 Å². The van der Waals surface area contributed by atoms with Crippen molar-refractivity contribution in [2.24, 2.45) is 0 Å². The van der Waals surface area contributed by atoms with Crippen molar-refractivity contribution >= 4 is 17.8 Å². The molecule has 0 aromatic heterocycles. The van der Waals surface area contributed by atoms with Gasteiger partial charge in [-0.05, 0) is 36.8 Å². The summed E-state index contributed by atoms with van der Waals surface area (Å²) in [6, 6.07) is 13.2. The maximum absolute atomic E-state index is 12.2. The van der Waals surface area contributed by atoms with Crippen LogP contribution in [0, 0.1) is 0 Å². The van der Waals surface area contributed by atoms with Gasteiger partial charge in [-0.25, -0.2) is 4.79 Å². The van der Waals surface area contributed by atoms with Crippen molar-refractivity contribution in [3.8, 4) is 0 Å². The van der Waals surface area contributed by atoms with Crippen molar-refractivity contribution in [2.45, 2.75) is 13.5 Å². The Balaban J connectivity index is 1.66. The summed E-state index contributed by atoms with van der Waals surface area (Å²) in [6.07, 6.45) is 0. The first-order valence-corrected chi connectivity index (χ1v) is 7.48. The molecule has 0 N–H and O–H groups in total. The lowest BCUT2D eigenvalue weighted by molar-refractivity contribution is -0.101.